The van der Waals surface area contributed by atoms with Gasteiger partial charge in [0.15, 0.2) is 0 Å². The molecule has 0 aromatic carbocycles. The van der Waals surface area contributed by atoms with Gasteiger partial charge in [-0.15, -0.1) is 0 Å². The average Bonchev–Trinajstić information content (AvgIpc) is 2.38. The van der Waals surface area contributed by atoms with E-state index in [4.69, 9.17) is 0 Å². The molecule has 1 N–H and O–H groups in total. The first-order valence-electron chi connectivity index (χ1n) is 7.38. The molecule has 2 fully saturated rings. The molecule has 1 aromatic heterocycles. The van der Waals surface area contributed by atoms with Gasteiger partial charge in [-0.25, -0.2) is 0 Å². The monoisotopic (exact) mass is 401 g/mol. The third-order valence-electron chi connectivity index (χ3n) is 4.78. The van der Waals surface area contributed by atoms with Crippen LogP contribution in [-0.2, 0) is 6.54 Å². The summed E-state index contributed by atoms with van der Waals surface area (Å²) in [4.78, 5) is 7.09. The number of aromatic nitrogens is 1. The van der Waals surface area contributed by atoms with Crippen molar-refractivity contribution in [1.29, 1.82) is 0 Å². The molecule has 20 heavy (non-hydrogen) atoms. The highest BCUT2D eigenvalue weighted by atomic mass is 79.9. The lowest BCUT2D eigenvalue weighted by molar-refractivity contribution is 0.0481. The highest BCUT2D eigenvalue weighted by Gasteiger charge is 2.35. The van der Waals surface area contributed by atoms with Crippen molar-refractivity contribution in [1.82, 2.24) is 15.2 Å². The van der Waals surface area contributed by atoms with Gasteiger partial charge in [-0.2, -0.15) is 0 Å². The normalized spacial score (nSPS) is 30.4. The molecule has 2 aliphatic rings. The summed E-state index contributed by atoms with van der Waals surface area (Å²) < 4.78 is 2.09. The molecule has 5 heteroatoms. The zero-order valence-corrected chi connectivity index (χ0v) is 15.0. The lowest BCUT2D eigenvalue weighted by Crippen LogP contribution is -2.54. The fourth-order valence-corrected chi connectivity index (χ4v) is 4.72. The number of hydrogen-bond acceptors (Lipinski definition) is 3. The average molecular weight is 403 g/mol. The van der Waals surface area contributed by atoms with Crippen molar-refractivity contribution >= 4 is 31.9 Å². The van der Waals surface area contributed by atoms with Crippen LogP contribution in [0, 0.1) is 0 Å². The molecule has 3 heterocycles. The molecule has 0 amide bonds. The van der Waals surface area contributed by atoms with E-state index >= 15 is 0 Å². The summed E-state index contributed by atoms with van der Waals surface area (Å²) >= 11 is 7.03. The van der Waals surface area contributed by atoms with Gasteiger partial charge in [-0.1, -0.05) is 6.42 Å². The van der Waals surface area contributed by atoms with Gasteiger partial charge in [0.25, 0.3) is 0 Å². The second-order valence-corrected chi connectivity index (χ2v) is 7.81. The van der Waals surface area contributed by atoms with Crippen molar-refractivity contribution in [2.75, 3.05) is 7.05 Å². The maximum absolute atomic E-state index is 4.48. The standard InChI is InChI=1S/C15H21Br2N3/c1-20-12-3-2-4-13(20)7-11(6-12)18-9-15-14(17)5-10(16)8-19-15/h5,8,11-13,18H,2-4,6-7,9H2,1H3. The predicted molar refractivity (Wildman–Crippen MR) is 88.7 cm³/mol. The van der Waals surface area contributed by atoms with Crippen molar-refractivity contribution < 1.29 is 0 Å². The molecule has 1 aromatic rings. The van der Waals surface area contributed by atoms with Crippen LogP contribution in [0.4, 0.5) is 0 Å². The SMILES string of the molecule is CN1C2CCCC1CC(NCc1ncc(Br)cc1Br)C2. The highest BCUT2D eigenvalue weighted by molar-refractivity contribution is 9.11. The Morgan fingerprint density at radius 3 is 2.65 bits per heavy atom. The third kappa shape index (κ3) is 3.26. The second-order valence-electron chi connectivity index (χ2n) is 6.04. The first-order chi connectivity index (χ1) is 9.63. The van der Waals surface area contributed by atoms with Crippen LogP contribution < -0.4 is 5.32 Å². The van der Waals surface area contributed by atoms with Crippen molar-refractivity contribution in [3.05, 3.63) is 26.9 Å². The van der Waals surface area contributed by atoms with E-state index in [0.29, 0.717) is 6.04 Å². The third-order valence-corrected chi connectivity index (χ3v) is 5.90. The van der Waals surface area contributed by atoms with E-state index in [2.05, 4.69) is 60.2 Å². The first kappa shape index (κ1) is 14.9. The van der Waals surface area contributed by atoms with E-state index < -0.39 is 0 Å². The van der Waals surface area contributed by atoms with E-state index in [9.17, 15) is 0 Å². The van der Waals surface area contributed by atoms with Gasteiger partial charge in [0.2, 0.25) is 0 Å². The van der Waals surface area contributed by atoms with Crippen LogP contribution in [0.2, 0.25) is 0 Å². The molecule has 2 bridgehead atoms. The maximum Gasteiger partial charge on any atom is 0.0684 e. The van der Waals surface area contributed by atoms with Crippen LogP contribution in [0.1, 0.15) is 37.8 Å². The van der Waals surface area contributed by atoms with Gasteiger partial charge >= 0.3 is 0 Å². The van der Waals surface area contributed by atoms with Gasteiger partial charge in [0.1, 0.15) is 0 Å². The van der Waals surface area contributed by atoms with Crippen molar-refractivity contribution in [2.45, 2.75) is 56.8 Å². The molecule has 2 unspecified atom stereocenters. The summed E-state index contributed by atoms with van der Waals surface area (Å²) in [6.45, 7) is 0.849. The summed E-state index contributed by atoms with van der Waals surface area (Å²) in [5.41, 5.74) is 1.09. The Labute approximate surface area is 137 Å². The van der Waals surface area contributed by atoms with E-state index in [1.807, 2.05) is 6.20 Å². The lowest BCUT2D eigenvalue weighted by atomic mass is 9.82. The number of piperidine rings is 2. The Bertz CT molecular complexity index is 466. The summed E-state index contributed by atoms with van der Waals surface area (Å²) in [5.74, 6) is 0. The van der Waals surface area contributed by atoms with Crippen LogP contribution >= 0.6 is 31.9 Å². The Balaban J connectivity index is 1.59. The molecule has 2 atom stereocenters. The van der Waals surface area contributed by atoms with Crippen molar-refractivity contribution in [2.24, 2.45) is 0 Å². The van der Waals surface area contributed by atoms with Crippen molar-refractivity contribution in [3.63, 3.8) is 0 Å². The lowest BCUT2D eigenvalue weighted by Gasteiger charge is -2.47. The fourth-order valence-electron chi connectivity index (χ4n) is 3.60. The van der Waals surface area contributed by atoms with Gasteiger partial charge in [-0.05, 0) is 70.7 Å². The van der Waals surface area contributed by atoms with Crippen LogP contribution in [0.3, 0.4) is 0 Å². The molecular formula is C15H21Br2N3. The molecule has 3 rings (SSSR count). The smallest absolute Gasteiger partial charge is 0.0684 e. The number of nitrogens with zero attached hydrogens (tertiary/aromatic N) is 2. The van der Waals surface area contributed by atoms with Crippen LogP contribution in [-0.4, -0.2) is 35.1 Å². The van der Waals surface area contributed by atoms with Gasteiger partial charge in [0, 0.05) is 39.8 Å². The molecule has 0 aliphatic carbocycles. The minimum absolute atomic E-state index is 0.638. The van der Waals surface area contributed by atoms with Gasteiger partial charge in [-0.3, -0.25) is 4.98 Å². The van der Waals surface area contributed by atoms with E-state index in [1.165, 1.54) is 32.1 Å². The van der Waals surface area contributed by atoms with E-state index in [1.54, 1.807) is 0 Å². The van der Waals surface area contributed by atoms with Crippen LogP contribution in [0.25, 0.3) is 0 Å². The molecule has 110 valence electrons. The second kappa shape index (κ2) is 6.42. The number of nitrogens with one attached hydrogen (secondary N) is 1. The minimum atomic E-state index is 0.638. The summed E-state index contributed by atoms with van der Waals surface area (Å²) in [5, 5.41) is 3.71. The molecule has 2 saturated heterocycles. The Morgan fingerprint density at radius 2 is 2.00 bits per heavy atom. The fraction of sp³-hybridized carbons (Fsp3) is 0.667. The van der Waals surface area contributed by atoms with Crippen molar-refractivity contribution in [3.8, 4) is 0 Å². The Hall–Kier alpha value is 0.0300. The molecule has 3 nitrogen and oxygen atoms in total. The maximum atomic E-state index is 4.48. The molecule has 0 saturated carbocycles. The van der Waals surface area contributed by atoms with Crippen LogP contribution in [0.15, 0.2) is 21.2 Å². The number of rotatable bonds is 3. The molecule has 2 aliphatic heterocycles. The number of halogens is 2. The predicted octanol–water partition coefficient (Wildman–Crippen LogP) is 3.71. The number of hydrogen-bond donors (Lipinski definition) is 1. The summed E-state index contributed by atoms with van der Waals surface area (Å²) in [7, 11) is 2.30. The zero-order valence-electron chi connectivity index (χ0n) is 11.8. The van der Waals surface area contributed by atoms with Crippen LogP contribution in [0.5, 0.6) is 0 Å². The van der Waals surface area contributed by atoms with E-state index in [0.717, 1.165) is 33.3 Å². The summed E-state index contributed by atoms with van der Waals surface area (Å²) in [6.07, 6.45) is 8.57. The van der Waals surface area contributed by atoms with Gasteiger partial charge < -0.3 is 10.2 Å². The van der Waals surface area contributed by atoms with Gasteiger partial charge in [0.05, 0.1) is 5.69 Å². The minimum Gasteiger partial charge on any atom is -0.308 e. The summed E-state index contributed by atoms with van der Waals surface area (Å²) in [6, 6.07) is 4.26. The van der Waals surface area contributed by atoms with E-state index in [-0.39, 0.29) is 0 Å². The number of pyridine rings is 1. The number of fused-ring (bicyclic) bond motifs is 2. The quantitative estimate of drug-likeness (QED) is 0.835. The Morgan fingerprint density at radius 1 is 1.30 bits per heavy atom. The first-order valence-corrected chi connectivity index (χ1v) is 8.97. The zero-order chi connectivity index (χ0) is 14.1. The molecule has 0 radical (unpaired) electrons. The topological polar surface area (TPSA) is 28.2 Å². The Kier molecular flexibility index (Phi) is 4.80. The largest absolute Gasteiger partial charge is 0.308 e. The molecule has 0 spiro atoms. The molecular weight excluding hydrogens is 382 g/mol. The highest BCUT2D eigenvalue weighted by Crippen LogP contribution is 2.32.